The van der Waals surface area contributed by atoms with Crippen molar-refractivity contribution in [2.75, 3.05) is 140 Å². The summed E-state index contributed by atoms with van der Waals surface area (Å²) in [5.41, 5.74) is 14.3. The van der Waals surface area contributed by atoms with Crippen molar-refractivity contribution < 1.29 is 88.9 Å². The quantitative estimate of drug-likeness (QED) is 0.0134. The number of hydrogen-bond donors (Lipinski definition) is 8. The molecule has 5 aliphatic heterocycles. The van der Waals surface area contributed by atoms with Crippen LogP contribution in [0.1, 0.15) is 151 Å². The van der Waals surface area contributed by atoms with Crippen LogP contribution in [0.25, 0.3) is 0 Å². The number of benzene rings is 6. The van der Waals surface area contributed by atoms with E-state index >= 15 is 0 Å². The number of aliphatic hydroxyl groups excluding tert-OH is 4. The maximum absolute atomic E-state index is 13.4. The number of nitrogens with two attached hydrogens (primary N) is 1. The smallest absolute Gasteiger partial charge is 0.364 e. The van der Waals surface area contributed by atoms with Crippen molar-refractivity contribution >= 4 is 147 Å². The second-order valence-electron chi connectivity index (χ2n) is 33.1. The van der Waals surface area contributed by atoms with E-state index in [4.69, 9.17) is 75.3 Å². The molecule has 5 amide bonds. The zero-order valence-electron chi connectivity index (χ0n) is 72.4. The molecule has 0 aromatic heterocycles. The van der Waals surface area contributed by atoms with E-state index in [9.17, 15) is 84.0 Å². The highest BCUT2D eigenvalue weighted by Crippen LogP contribution is 2.43. The fourth-order valence-electron chi connectivity index (χ4n) is 15.8. The highest BCUT2D eigenvalue weighted by molar-refractivity contribution is 7.91. The van der Waals surface area contributed by atoms with Gasteiger partial charge in [0.25, 0.3) is 17.7 Å². The van der Waals surface area contributed by atoms with Gasteiger partial charge in [0.2, 0.25) is 31.9 Å². The van der Waals surface area contributed by atoms with Gasteiger partial charge in [-0.2, -0.15) is 0 Å². The number of nitrogens with zero attached hydrogens (tertiary/aromatic N) is 8. The van der Waals surface area contributed by atoms with Crippen molar-refractivity contribution in [3.05, 3.63) is 189 Å². The van der Waals surface area contributed by atoms with E-state index in [1.807, 2.05) is 83.6 Å². The summed E-state index contributed by atoms with van der Waals surface area (Å²) in [5, 5.41) is 46.4. The summed E-state index contributed by atoms with van der Waals surface area (Å²) in [6.07, 6.45) is -3.94. The van der Waals surface area contributed by atoms with E-state index in [1.54, 1.807) is 72.8 Å². The third kappa shape index (κ3) is 29.5. The second-order valence-corrected chi connectivity index (χ2v) is 41.3. The van der Waals surface area contributed by atoms with Crippen LogP contribution >= 0.6 is 69.6 Å². The molecule has 0 radical (unpaired) electrons. The molecule has 700 valence electrons. The van der Waals surface area contributed by atoms with E-state index in [1.165, 1.54) is 0 Å². The fraction of sp³-hybridized carbons (Fsp3) is 0.500. The van der Waals surface area contributed by atoms with Crippen molar-refractivity contribution in [3.63, 3.8) is 0 Å². The Hall–Kier alpha value is -7.05. The van der Waals surface area contributed by atoms with Crippen molar-refractivity contribution in [2.45, 2.75) is 160 Å². The van der Waals surface area contributed by atoms with Crippen LogP contribution in [-0.4, -0.2) is 296 Å². The highest BCUT2D eigenvalue weighted by atomic mass is 35.5. The number of Topliss-reactive ketones (excluding diaryl/α,β-unsaturated/α-hetero) is 2. The first-order valence-corrected chi connectivity index (χ1v) is 49.2. The van der Waals surface area contributed by atoms with Gasteiger partial charge in [0.05, 0.1) is 27.0 Å². The third-order valence-electron chi connectivity index (χ3n) is 22.9. The van der Waals surface area contributed by atoms with Crippen molar-refractivity contribution in [1.82, 2.24) is 54.1 Å². The van der Waals surface area contributed by atoms with Gasteiger partial charge in [0, 0.05) is 139 Å². The Morgan fingerprint density at radius 1 is 0.461 bits per heavy atom. The lowest BCUT2D eigenvalue weighted by Gasteiger charge is -2.33. The average Bonchev–Trinajstić information content (AvgIpc) is 1.03. The molecule has 0 saturated carbocycles. The molecule has 11 rings (SSSR count). The zero-order valence-corrected chi connectivity index (χ0v) is 79.4. The number of imide groups is 2. The summed E-state index contributed by atoms with van der Waals surface area (Å²) < 4.78 is 84.7. The van der Waals surface area contributed by atoms with Crippen LogP contribution in [0.2, 0.25) is 30.1 Å². The Labute approximate surface area is 778 Å². The molecule has 31 nitrogen and oxygen atoms in total. The van der Waals surface area contributed by atoms with Gasteiger partial charge in [0.1, 0.15) is 6.10 Å². The van der Waals surface area contributed by atoms with Crippen molar-refractivity contribution in [1.29, 1.82) is 0 Å². The number of ketones is 2. The maximum Gasteiger partial charge on any atom is 0.364 e. The third-order valence-corrected chi connectivity index (χ3v) is 29.2. The van der Waals surface area contributed by atoms with Crippen LogP contribution in [0.4, 0.5) is 0 Å². The fourth-order valence-corrected chi connectivity index (χ4v) is 21.2. The highest BCUT2D eigenvalue weighted by Gasteiger charge is 2.41. The predicted octanol–water partition coefficient (Wildman–Crippen LogP) is 7.76. The Kier molecular flexibility index (Phi) is 39.7. The number of rotatable bonds is 42. The molecular formula is C88H114Cl6N12O19S3. The standard InChI is InChI=1S/C52H68Cl4N6O8S2.C23H32Cl2N4O2S.C13H14N2O9/c1-59(21-7-8-24-71(67,68)39-15-9-13-35(25-39)43-31-61(3)33-45-41(43)27-37(53)29-47(45)55)20-6-5-17-49(63)50(64)51(65)52(66)57-18-11-22-60(2)23-12-19-58-72(69,70)40-16-10-14-36(26-40)44-32-62(4)34-46-42(44)28-38(54)30-48(46)56;1-28(10-4-8-26)11-5-9-27-32(30,31)19-7-3-6-17(12-19)21-15-29(2)16-22-20(21)13-18(24)14-23(22)25;16-6(5-14-7(17)1-2-8(14)18)11(21)12(22)13(23)24-15-9(19)3-4-10(15)20/h9-10,13-16,25-30,43-44,50-51,58,64-65H,5-8,11-12,17-24,31-34H2,1-4H3,(H,57,66);3,6-7,12-14,21,27H,4-5,8-11,15-16,26H2,1-2H3;11-12,21-22H,1-5H2/t43?,44?,50-,51+;;11-,12+/m0.0/s1. The van der Waals surface area contributed by atoms with Crippen LogP contribution < -0.4 is 20.5 Å². The van der Waals surface area contributed by atoms with Gasteiger partial charge in [-0.15, -0.1) is 5.06 Å². The second kappa shape index (κ2) is 48.6. The molecule has 3 unspecified atom stereocenters. The minimum Gasteiger partial charge on any atom is -0.382 e. The molecule has 5 heterocycles. The molecule has 0 bridgehead atoms. The molecule has 9 N–H and O–H groups in total. The number of amides is 5. The van der Waals surface area contributed by atoms with Crippen LogP contribution in [0.15, 0.2) is 124 Å². The first kappa shape index (κ1) is 105. The SMILES string of the molecule is CN(CCCCC(=O)[C@H](O)[C@@H](O)C(=O)NCCCN(C)CCCNS(=O)(=O)c1cccc(C2CN(C)Cc3c(Cl)cc(Cl)cc32)c1)CCCCS(=O)(=O)c1cccc(C2CN(C)Cc3c(Cl)cc(Cl)cc32)c1.CN(CCCN)CCCNS(=O)(=O)c1cccc(C2CN(C)Cc3c(Cl)cc(Cl)cc32)c1.O=C(CN1C(=O)CCC1=O)[C@H](O)[C@@H](O)C(=O)ON1C(=O)CCC1=O. The Morgan fingerprint density at radius 2 is 0.828 bits per heavy atom. The number of sulfonamides is 2. The van der Waals surface area contributed by atoms with Crippen LogP contribution in [0, 0.1) is 0 Å². The van der Waals surface area contributed by atoms with E-state index < -0.39 is 108 Å². The van der Waals surface area contributed by atoms with Gasteiger partial charge in [0.15, 0.2) is 39.7 Å². The lowest BCUT2D eigenvalue weighted by Crippen LogP contribution is -2.48. The number of unbranched alkanes of at least 4 members (excludes halogenated alkanes) is 2. The van der Waals surface area contributed by atoms with E-state index in [2.05, 4.69) is 44.1 Å². The summed E-state index contributed by atoms with van der Waals surface area (Å²) >= 11 is 38.5. The number of carbonyl (C=O) groups excluding carboxylic acids is 8. The number of hydrogen-bond acceptors (Lipinski definition) is 26. The first-order chi connectivity index (χ1) is 60.6. The summed E-state index contributed by atoms with van der Waals surface area (Å²) in [6.45, 7) is 9.11. The number of sulfone groups is 1. The lowest BCUT2D eigenvalue weighted by molar-refractivity contribution is -0.206. The number of likely N-dealkylation sites (tertiary alicyclic amines) is 1. The van der Waals surface area contributed by atoms with E-state index in [0.29, 0.717) is 139 Å². The number of hydroxylamine groups is 2. The Bertz CT molecular complexity index is 5050. The summed E-state index contributed by atoms with van der Waals surface area (Å²) in [5.74, 6) is -7.18. The maximum atomic E-state index is 13.4. The van der Waals surface area contributed by atoms with Gasteiger partial charge < -0.3 is 65.7 Å². The molecule has 2 saturated heterocycles. The molecule has 5 aliphatic rings. The van der Waals surface area contributed by atoms with E-state index in [-0.39, 0.29) is 88.4 Å². The van der Waals surface area contributed by atoms with Gasteiger partial charge in [-0.1, -0.05) is 106 Å². The van der Waals surface area contributed by atoms with Crippen molar-refractivity contribution in [3.8, 4) is 0 Å². The number of halogens is 6. The summed E-state index contributed by atoms with van der Waals surface area (Å²) in [6, 6.07) is 32.3. The topological polar surface area (TPSA) is 417 Å². The first-order valence-electron chi connectivity index (χ1n) is 42.3. The van der Waals surface area contributed by atoms with Crippen LogP contribution in [0.3, 0.4) is 0 Å². The molecule has 7 atom stereocenters. The monoisotopic (exact) mass is 1950 g/mol. The molecule has 0 spiro atoms. The molecule has 40 heteroatoms. The predicted molar refractivity (Wildman–Crippen MR) is 489 cm³/mol. The number of aliphatic hydroxyl groups is 4. The lowest BCUT2D eigenvalue weighted by atomic mass is 9.85. The number of nitrogens with one attached hydrogen (secondary N) is 3. The largest absolute Gasteiger partial charge is 0.382 e. The Balaban J connectivity index is 0.000000268. The molecule has 0 aliphatic carbocycles. The van der Waals surface area contributed by atoms with E-state index in [0.717, 1.165) is 89.1 Å². The molecule has 6 aromatic carbocycles. The van der Waals surface area contributed by atoms with Crippen molar-refractivity contribution in [2.24, 2.45) is 5.73 Å². The zero-order chi connectivity index (χ0) is 93.6. The molecule has 6 aromatic rings. The molecule has 128 heavy (non-hydrogen) atoms. The van der Waals surface area contributed by atoms with Gasteiger partial charge in [-0.25, -0.2) is 39.5 Å². The minimum atomic E-state index is -3.79. The minimum absolute atomic E-state index is 0.00806. The van der Waals surface area contributed by atoms with Gasteiger partial charge in [-0.3, -0.25) is 38.5 Å². The average molecular weight is 1950 g/mol. The number of likely N-dealkylation sites (N-methyl/N-ethyl adjacent to an activating group) is 3. The Morgan fingerprint density at radius 3 is 1.25 bits per heavy atom. The number of carbonyl (C=O) groups is 8. The molecular weight excluding hydrogens is 1840 g/mol. The number of fused-ring (bicyclic) bond motifs is 3. The summed E-state index contributed by atoms with van der Waals surface area (Å²) in [7, 11) is 0.956. The van der Waals surface area contributed by atoms with Crippen LogP contribution in [-0.2, 0) is 92.7 Å². The van der Waals surface area contributed by atoms with Gasteiger partial charge in [-0.05, 0) is 262 Å². The van der Waals surface area contributed by atoms with Crippen LogP contribution in [0.5, 0.6) is 0 Å². The summed E-state index contributed by atoms with van der Waals surface area (Å²) in [4.78, 5) is 112. The molecule has 2 fully saturated rings. The van der Waals surface area contributed by atoms with Gasteiger partial charge >= 0.3 is 5.97 Å². The normalized spacial score (nSPS) is 17.9.